The van der Waals surface area contributed by atoms with Gasteiger partial charge in [0.05, 0.1) is 26.2 Å². The van der Waals surface area contributed by atoms with E-state index in [1.807, 2.05) is 24.3 Å². The van der Waals surface area contributed by atoms with Crippen LogP contribution in [0.1, 0.15) is 36.9 Å². The van der Waals surface area contributed by atoms with Crippen LogP contribution in [-0.4, -0.2) is 19.6 Å². The molecule has 0 aliphatic rings. The van der Waals surface area contributed by atoms with Crippen molar-refractivity contribution in [1.29, 1.82) is 0 Å². The van der Waals surface area contributed by atoms with Crippen LogP contribution in [-0.2, 0) is 4.79 Å². The van der Waals surface area contributed by atoms with Gasteiger partial charge in [-0.2, -0.15) is 0 Å². The average Bonchev–Trinajstić information content (AvgIpc) is 2.61. The molecule has 0 radical (unpaired) electrons. The van der Waals surface area contributed by atoms with Crippen LogP contribution in [0.25, 0.3) is 0 Å². The summed E-state index contributed by atoms with van der Waals surface area (Å²) in [4.78, 5) is 12.1. The molecule has 1 atom stereocenters. The number of amides is 1. The number of hydrogen-bond acceptors (Lipinski definition) is 3. The van der Waals surface area contributed by atoms with Gasteiger partial charge in [-0.25, -0.2) is 0 Å². The summed E-state index contributed by atoms with van der Waals surface area (Å²) in [5.41, 5.74) is 2.35. The molecule has 0 aliphatic heterocycles. The minimum Gasteiger partial charge on any atom is -0.497 e. The highest BCUT2D eigenvalue weighted by atomic mass is 16.5. The molecule has 1 amide bonds. The third kappa shape index (κ3) is 5.30. The third-order valence-electron chi connectivity index (χ3n) is 3.88. The Bertz CT molecular complexity index is 635. The predicted octanol–water partition coefficient (Wildman–Crippen LogP) is 4.04. The topological polar surface area (TPSA) is 47.6 Å². The van der Waals surface area contributed by atoms with Gasteiger partial charge in [0.25, 0.3) is 0 Å². The number of hydrogen-bond donors (Lipinski definition) is 1. The SMILES string of the molecule is CCC(NC(=O)CCOc1ccc(OC)cc1)c1ccc(C)cc1. The van der Waals surface area contributed by atoms with Gasteiger partial charge >= 0.3 is 0 Å². The smallest absolute Gasteiger partial charge is 0.223 e. The molecule has 0 bridgehead atoms. The summed E-state index contributed by atoms with van der Waals surface area (Å²) in [5, 5.41) is 3.07. The first-order valence-electron chi connectivity index (χ1n) is 8.25. The summed E-state index contributed by atoms with van der Waals surface area (Å²) in [6.07, 6.45) is 1.18. The van der Waals surface area contributed by atoms with E-state index >= 15 is 0 Å². The average molecular weight is 327 g/mol. The Morgan fingerprint density at radius 2 is 1.67 bits per heavy atom. The molecular weight excluding hydrogens is 302 g/mol. The number of rotatable bonds is 8. The van der Waals surface area contributed by atoms with Crippen LogP contribution in [0.3, 0.4) is 0 Å². The second-order valence-electron chi connectivity index (χ2n) is 5.71. The summed E-state index contributed by atoms with van der Waals surface area (Å²) in [6, 6.07) is 15.6. The first-order chi connectivity index (χ1) is 11.6. The molecule has 2 aromatic carbocycles. The van der Waals surface area contributed by atoms with Crippen molar-refractivity contribution >= 4 is 5.91 Å². The van der Waals surface area contributed by atoms with Crippen LogP contribution in [0.5, 0.6) is 11.5 Å². The Morgan fingerprint density at radius 1 is 1.04 bits per heavy atom. The van der Waals surface area contributed by atoms with Gasteiger partial charge in [-0.05, 0) is 43.2 Å². The first kappa shape index (κ1) is 17.9. The number of carbonyl (C=O) groups is 1. The second kappa shape index (κ2) is 8.96. The van der Waals surface area contributed by atoms with Crippen molar-refractivity contribution in [3.8, 4) is 11.5 Å². The molecule has 0 spiro atoms. The number of aryl methyl sites for hydroxylation is 1. The Labute approximate surface area is 143 Å². The molecule has 4 heteroatoms. The maximum Gasteiger partial charge on any atom is 0.223 e. The van der Waals surface area contributed by atoms with Crippen LogP contribution in [0, 0.1) is 6.92 Å². The lowest BCUT2D eigenvalue weighted by molar-refractivity contribution is -0.122. The minimum atomic E-state index is -0.00376. The molecule has 2 aromatic rings. The van der Waals surface area contributed by atoms with Gasteiger partial charge in [-0.3, -0.25) is 4.79 Å². The molecule has 4 nitrogen and oxygen atoms in total. The molecule has 24 heavy (non-hydrogen) atoms. The standard InChI is InChI=1S/C20H25NO3/c1-4-19(16-7-5-15(2)6-8-16)21-20(22)13-14-24-18-11-9-17(23-3)10-12-18/h5-12,19H,4,13-14H2,1-3H3,(H,21,22). The summed E-state index contributed by atoms with van der Waals surface area (Å²) in [5.74, 6) is 1.51. The molecule has 2 rings (SSSR count). The fraction of sp³-hybridized carbons (Fsp3) is 0.350. The van der Waals surface area contributed by atoms with Crippen LogP contribution < -0.4 is 14.8 Å². The molecule has 0 fully saturated rings. The fourth-order valence-corrected chi connectivity index (χ4v) is 2.42. The van der Waals surface area contributed by atoms with Crippen molar-refractivity contribution in [2.45, 2.75) is 32.7 Å². The largest absolute Gasteiger partial charge is 0.497 e. The van der Waals surface area contributed by atoms with Gasteiger partial charge in [0.15, 0.2) is 0 Å². The summed E-state index contributed by atoms with van der Waals surface area (Å²) < 4.78 is 10.7. The van der Waals surface area contributed by atoms with E-state index in [0.717, 1.165) is 23.5 Å². The third-order valence-corrected chi connectivity index (χ3v) is 3.88. The highest BCUT2D eigenvalue weighted by Crippen LogP contribution is 2.18. The highest BCUT2D eigenvalue weighted by molar-refractivity contribution is 5.76. The number of carbonyl (C=O) groups excluding carboxylic acids is 1. The van der Waals surface area contributed by atoms with Crippen LogP contribution in [0.2, 0.25) is 0 Å². The zero-order valence-corrected chi connectivity index (χ0v) is 14.5. The minimum absolute atomic E-state index is 0.00376. The molecule has 0 aliphatic carbocycles. The Morgan fingerprint density at radius 3 is 2.25 bits per heavy atom. The van der Waals surface area contributed by atoms with E-state index in [9.17, 15) is 4.79 Å². The fourth-order valence-electron chi connectivity index (χ4n) is 2.42. The van der Waals surface area contributed by atoms with Crippen LogP contribution in [0.4, 0.5) is 0 Å². The normalized spacial score (nSPS) is 11.6. The number of ether oxygens (including phenoxy) is 2. The summed E-state index contributed by atoms with van der Waals surface area (Å²) in [6.45, 7) is 4.47. The highest BCUT2D eigenvalue weighted by Gasteiger charge is 2.12. The maximum atomic E-state index is 12.1. The van der Waals surface area contributed by atoms with E-state index in [1.165, 1.54) is 5.56 Å². The van der Waals surface area contributed by atoms with Crippen molar-refractivity contribution in [2.75, 3.05) is 13.7 Å². The summed E-state index contributed by atoms with van der Waals surface area (Å²) >= 11 is 0. The molecule has 0 saturated heterocycles. The lowest BCUT2D eigenvalue weighted by Crippen LogP contribution is -2.29. The van der Waals surface area contributed by atoms with E-state index in [4.69, 9.17) is 9.47 Å². The van der Waals surface area contributed by atoms with E-state index in [-0.39, 0.29) is 11.9 Å². The molecule has 128 valence electrons. The van der Waals surface area contributed by atoms with Crippen LogP contribution >= 0.6 is 0 Å². The van der Waals surface area contributed by atoms with Gasteiger partial charge in [-0.15, -0.1) is 0 Å². The Balaban J connectivity index is 1.79. The number of methoxy groups -OCH3 is 1. The van der Waals surface area contributed by atoms with Crippen molar-refractivity contribution in [3.05, 3.63) is 59.7 Å². The van der Waals surface area contributed by atoms with Crippen molar-refractivity contribution in [3.63, 3.8) is 0 Å². The molecule has 0 aromatic heterocycles. The summed E-state index contributed by atoms with van der Waals surface area (Å²) in [7, 11) is 1.62. The number of nitrogens with one attached hydrogen (secondary N) is 1. The molecular formula is C20H25NO3. The van der Waals surface area contributed by atoms with E-state index in [0.29, 0.717) is 13.0 Å². The Hall–Kier alpha value is -2.49. The maximum absolute atomic E-state index is 12.1. The van der Waals surface area contributed by atoms with Crippen molar-refractivity contribution in [1.82, 2.24) is 5.32 Å². The second-order valence-corrected chi connectivity index (χ2v) is 5.71. The lowest BCUT2D eigenvalue weighted by atomic mass is 10.0. The van der Waals surface area contributed by atoms with Crippen molar-refractivity contribution < 1.29 is 14.3 Å². The first-order valence-corrected chi connectivity index (χ1v) is 8.25. The van der Waals surface area contributed by atoms with Gasteiger partial charge < -0.3 is 14.8 Å². The molecule has 1 unspecified atom stereocenters. The van der Waals surface area contributed by atoms with Crippen molar-refractivity contribution in [2.24, 2.45) is 0 Å². The quantitative estimate of drug-likeness (QED) is 0.796. The van der Waals surface area contributed by atoms with E-state index in [1.54, 1.807) is 7.11 Å². The molecule has 1 N–H and O–H groups in total. The zero-order chi connectivity index (χ0) is 17.4. The predicted molar refractivity (Wildman–Crippen MR) is 95.5 cm³/mol. The monoisotopic (exact) mass is 327 g/mol. The molecule has 0 heterocycles. The van der Waals surface area contributed by atoms with Gasteiger partial charge in [-0.1, -0.05) is 36.8 Å². The molecule has 0 saturated carbocycles. The van der Waals surface area contributed by atoms with E-state index < -0.39 is 0 Å². The van der Waals surface area contributed by atoms with E-state index in [2.05, 4.69) is 43.4 Å². The number of benzene rings is 2. The van der Waals surface area contributed by atoms with Crippen LogP contribution in [0.15, 0.2) is 48.5 Å². The van der Waals surface area contributed by atoms with Gasteiger partial charge in [0.2, 0.25) is 5.91 Å². The zero-order valence-electron chi connectivity index (χ0n) is 14.5. The Kier molecular flexibility index (Phi) is 6.67. The van der Waals surface area contributed by atoms with Gasteiger partial charge in [0.1, 0.15) is 11.5 Å². The lowest BCUT2D eigenvalue weighted by Gasteiger charge is -2.18. The van der Waals surface area contributed by atoms with Gasteiger partial charge in [0, 0.05) is 0 Å².